The first-order valence-corrected chi connectivity index (χ1v) is 8.31. The van der Waals surface area contributed by atoms with Crippen LogP contribution in [0.4, 0.5) is 5.69 Å². The third-order valence-corrected chi connectivity index (χ3v) is 5.24. The summed E-state index contributed by atoms with van der Waals surface area (Å²) in [6.07, 6.45) is 6.31. The lowest BCUT2D eigenvalue weighted by Gasteiger charge is -2.47. The Hall–Kier alpha value is -1.92. The van der Waals surface area contributed by atoms with Crippen LogP contribution in [0.15, 0.2) is 23.8 Å². The van der Waals surface area contributed by atoms with Gasteiger partial charge in [0.25, 0.3) is 5.72 Å². The molecule has 0 spiro atoms. The van der Waals surface area contributed by atoms with Gasteiger partial charge in [0, 0.05) is 23.6 Å². The zero-order valence-corrected chi connectivity index (χ0v) is 13.0. The van der Waals surface area contributed by atoms with Crippen LogP contribution in [0.1, 0.15) is 31.2 Å². The van der Waals surface area contributed by atoms with Gasteiger partial charge in [0.05, 0.1) is 18.1 Å². The van der Waals surface area contributed by atoms with Crippen LogP contribution in [0.5, 0.6) is 5.75 Å². The van der Waals surface area contributed by atoms with Crippen LogP contribution in [0.2, 0.25) is 0 Å². The SMILES string of the molecule is O=[N+]([O-])c1cccc2c1O[C@]1([NH+]3CCOCC3)CCCCC1=C2. The number of quaternary nitrogens is 1. The van der Waals surface area contributed by atoms with E-state index in [2.05, 4.69) is 6.08 Å². The molecule has 2 fully saturated rings. The summed E-state index contributed by atoms with van der Waals surface area (Å²) in [5, 5.41) is 11.4. The van der Waals surface area contributed by atoms with Gasteiger partial charge in [-0.3, -0.25) is 15.0 Å². The van der Waals surface area contributed by atoms with Crippen molar-refractivity contribution >= 4 is 11.8 Å². The predicted molar refractivity (Wildman–Crippen MR) is 84.4 cm³/mol. The second-order valence-electron chi connectivity index (χ2n) is 6.47. The summed E-state index contributed by atoms with van der Waals surface area (Å²) in [6, 6.07) is 5.17. The van der Waals surface area contributed by atoms with Crippen molar-refractivity contribution in [3.8, 4) is 5.75 Å². The molecule has 0 amide bonds. The molecular formula is C17H21N2O4+. The average Bonchev–Trinajstić information content (AvgIpc) is 2.60. The summed E-state index contributed by atoms with van der Waals surface area (Å²) in [4.78, 5) is 12.4. The fraction of sp³-hybridized carbons (Fsp3) is 0.529. The fourth-order valence-corrected chi connectivity index (χ4v) is 4.13. The van der Waals surface area contributed by atoms with Gasteiger partial charge in [0.2, 0.25) is 5.75 Å². The molecule has 1 atom stereocenters. The van der Waals surface area contributed by atoms with E-state index in [1.54, 1.807) is 6.07 Å². The molecule has 122 valence electrons. The second-order valence-corrected chi connectivity index (χ2v) is 6.47. The maximum absolute atomic E-state index is 11.4. The predicted octanol–water partition coefficient (Wildman–Crippen LogP) is 1.56. The highest BCUT2D eigenvalue weighted by atomic mass is 16.6. The molecule has 1 saturated heterocycles. The Morgan fingerprint density at radius 1 is 1.22 bits per heavy atom. The van der Waals surface area contributed by atoms with Crippen molar-refractivity contribution in [2.24, 2.45) is 0 Å². The zero-order chi connectivity index (χ0) is 15.9. The number of nitrogens with one attached hydrogen (secondary N) is 1. The molecule has 0 unspecified atom stereocenters. The van der Waals surface area contributed by atoms with Gasteiger partial charge in [-0.25, -0.2) is 0 Å². The van der Waals surface area contributed by atoms with Gasteiger partial charge >= 0.3 is 5.69 Å². The first-order valence-electron chi connectivity index (χ1n) is 8.31. The van der Waals surface area contributed by atoms with Crippen molar-refractivity contribution < 1.29 is 19.3 Å². The second kappa shape index (κ2) is 5.62. The molecule has 2 aliphatic heterocycles. The number of benzene rings is 1. The van der Waals surface area contributed by atoms with Gasteiger partial charge in [-0.2, -0.15) is 0 Å². The van der Waals surface area contributed by atoms with Crippen LogP contribution in [0.3, 0.4) is 0 Å². The standard InChI is InChI=1S/C17H20N2O4/c20-19(21)15-6-3-4-13-12-14-5-1-2-7-17(14,23-16(13)15)18-8-10-22-11-9-18/h3-4,6,12H,1-2,5,7-11H2/p+1/t17-/m1/s1. The maximum Gasteiger partial charge on any atom is 0.311 e. The molecule has 4 rings (SSSR count). The summed E-state index contributed by atoms with van der Waals surface area (Å²) in [6.45, 7) is 3.20. The van der Waals surface area contributed by atoms with Crippen LogP contribution in [-0.4, -0.2) is 37.0 Å². The number of hydrogen-bond donors (Lipinski definition) is 1. The average molecular weight is 317 g/mol. The smallest absolute Gasteiger partial charge is 0.311 e. The van der Waals surface area contributed by atoms with E-state index in [9.17, 15) is 10.1 Å². The number of nitrogens with zero attached hydrogens (tertiary/aromatic N) is 1. The van der Waals surface area contributed by atoms with Crippen LogP contribution in [-0.2, 0) is 4.74 Å². The van der Waals surface area contributed by atoms with E-state index in [1.807, 2.05) is 6.07 Å². The largest absolute Gasteiger partial charge is 0.429 e. The molecule has 0 radical (unpaired) electrons. The van der Waals surface area contributed by atoms with Crippen molar-refractivity contribution in [3.05, 3.63) is 39.4 Å². The molecule has 23 heavy (non-hydrogen) atoms. The van der Waals surface area contributed by atoms with E-state index >= 15 is 0 Å². The summed E-state index contributed by atoms with van der Waals surface area (Å²) >= 11 is 0. The third kappa shape index (κ3) is 2.33. The van der Waals surface area contributed by atoms with Gasteiger partial charge in [-0.05, 0) is 25.3 Å². The molecule has 1 aromatic carbocycles. The van der Waals surface area contributed by atoms with Crippen LogP contribution < -0.4 is 9.64 Å². The van der Waals surface area contributed by atoms with Gasteiger partial charge in [0.1, 0.15) is 13.1 Å². The highest BCUT2D eigenvalue weighted by Gasteiger charge is 2.51. The highest BCUT2D eigenvalue weighted by Crippen LogP contribution is 2.44. The number of rotatable bonds is 2. The fourth-order valence-electron chi connectivity index (χ4n) is 4.13. The van der Waals surface area contributed by atoms with Crippen molar-refractivity contribution in [1.82, 2.24) is 0 Å². The minimum atomic E-state index is -0.443. The summed E-state index contributed by atoms with van der Waals surface area (Å²) < 4.78 is 11.9. The van der Waals surface area contributed by atoms with Gasteiger partial charge < -0.3 is 9.47 Å². The lowest BCUT2D eigenvalue weighted by atomic mass is 9.82. The number of ether oxygens (including phenoxy) is 2. The quantitative estimate of drug-likeness (QED) is 0.664. The molecule has 1 aliphatic carbocycles. The van der Waals surface area contributed by atoms with Crippen molar-refractivity contribution in [3.63, 3.8) is 0 Å². The Morgan fingerprint density at radius 3 is 2.83 bits per heavy atom. The van der Waals surface area contributed by atoms with Gasteiger partial charge in [-0.15, -0.1) is 0 Å². The number of para-hydroxylation sites is 1. The van der Waals surface area contributed by atoms with E-state index in [-0.39, 0.29) is 10.6 Å². The molecular weight excluding hydrogens is 296 g/mol. The van der Waals surface area contributed by atoms with E-state index in [4.69, 9.17) is 9.47 Å². The maximum atomic E-state index is 11.4. The Bertz CT molecular complexity index is 667. The minimum Gasteiger partial charge on any atom is -0.429 e. The molecule has 3 aliphatic rings. The Balaban J connectivity index is 1.82. The molecule has 6 heteroatoms. The molecule has 1 aromatic rings. The molecule has 0 aromatic heterocycles. The summed E-state index contributed by atoms with van der Waals surface area (Å²) in [7, 11) is 0. The Kier molecular flexibility index (Phi) is 3.58. The first kappa shape index (κ1) is 14.7. The summed E-state index contributed by atoms with van der Waals surface area (Å²) in [5.41, 5.74) is 1.74. The van der Waals surface area contributed by atoms with Crippen LogP contribution in [0, 0.1) is 10.1 Å². The number of morpholine rings is 1. The molecule has 1 N–H and O–H groups in total. The van der Waals surface area contributed by atoms with Crippen molar-refractivity contribution in [2.75, 3.05) is 26.3 Å². The molecule has 0 bridgehead atoms. The number of hydrogen-bond acceptors (Lipinski definition) is 4. The third-order valence-electron chi connectivity index (χ3n) is 5.24. The zero-order valence-electron chi connectivity index (χ0n) is 13.0. The highest BCUT2D eigenvalue weighted by molar-refractivity contribution is 5.69. The first-order chi connectivity index (χ1) is 11.2. The van der Waals surface area contributed by atoms with E-state index < -0.39 is 5.72 Å². The Morgan fingerprint density at radius 2 is 2.04 bits per heavy atom. The van der Waals surface area contributed by atoms with Crippen LogP contribution in [0.25, 0.3) is 6.08 Å². The molecule has 1 saturated carbocycles. The van der Waals surface area contributed by atoms with E-state index in [0.29, 0.717) is 5.75 Å². The molecule has 2 heterocycles. The van der Waals surface area contributed by atoms with Gasteiger partial charge in [-0.1, -0.05) is 12.1 Å². The lowest BCUT2D eigenvalue weighted by Crippen LogP contribution is -3.23. The summed E-state index contributed by atoms with van der Waals surface area (Å²) in [5.74, 6) is 0.433. The topological polar surface area (TPSA) is 66.0 Å². The normalized spacial score (nSPS) is 27.4. The Labute approximate surface area is 134 Å². The van der Waals surface area contributed by atoms with E-state index in [0.717, 1.165) is 57.6 Å². The van der Waals surface area contributed by atoms with Crippen molar-refractivity contribution in [1.29, 1.82) is 0 Å². The minimum absolute atomic E-state index is 0.0652. The monoisotopic (exact) mass is 317 g/mol. The van der Waals surface area contributed by atoms with Crippen molar-refractivity contribution in [2.45, 2.75) is 31.4 Å². The van der Waals surface area contributed by atoms with Crippen LogP contribution >= 0.6 is 0 Å². The lowest BCUT2D eigenvalue weighted by molar-refractivity contribution is -0.975. The molecule has 6 nitrogen and oxygen atoms in total. The number of nitro groups is 1. The van der Waals surface area contributed by atoms with Gasteiger partial charge in [0.15, 0.2) is 0 Å². The number of fused-ring (bicyclic) bond motifs is 2. The van der Waals surface area contributed by atoms with E-state index in [1.165, 1.54) is 16.5 Å². The number of nitro benzene ring substituents is 1.